The third-order valence-corrected chi connectivity index (χ3v) is 3.36. The Kier molecular flexibility index (Phi) is 2.76. The molecule has 1 aromatic rings. The number of nitrogens with zero attached hydrogens (tertiary/aromatic N) is 1. The van der Waals surface area contributed by atoms with Crippen molar-refractivity contribution >= 4 is 11.8 Å². The van der Waals surface area contributed by atoms with Gasteiger partial charge in [0.15, 0.2) is 0 Å². The molecule has 0 spiro atoms. The zero-order valence-electron chi connectivity index (χ0n) is 9.89. The maximum Gasteiger partial charge on any atom is 0.243 e. The lowest BCUT2D eigenvalue weighted by Gasteiger charge is -2.27. The molecule has 1 saturated heterocycles. The van der Waals surface area contributed by atoms with Crippen molar-refractivity contribution in [3.63, 3.8) is 0 Å². The molecule has 1 N–H and O–H groups in total. The minimum atomic E-state index is -0.157. The lowest BCUT2D eigenvalue weighted by atomic mass is 10.0. The number of carbonyl (C=O) groups excluding carboxylic acids is 2. The van der Waals surface area contributed by atoms with Crippen LogP contribution in [0.5, 0.6) is 5.75 Å². The van der Waals surface area contributed by atoms with Gasteiger partial charge >= 0.3 is 0 Å². The van der Waals surface area contributed by atoms with Gasteiger partial charge in [0, 0.05) is 18.0 Å². The van der Waals surface area contributed by atoms with Crippen molar-refractivity contribution in [1.82, 2.24) is 10.2 Å². The molecular formula is C13H14N2O3. The molecule has 0 bridgehead atoms. The molecule has 5 heteroatoms. The van der Waals surface area contributed by atoms with Gasteiger partial charge in [-0.2, -0.15) is 0 Å². The number of rotatable bonds is 2. The monoisotopic (exact) mass is 246 g/mol. The van der Waals surface area contributed by atoms with Gasteiger partial charge in [-0.1, -0.05) is 18.2 Å². The number of amides is 2. The largest absolute Gasteiger partial charge is 0.493 e. The molecule has 3 rings (SSSR count). The van der Waals surface area contributed by atoms with E-state index in [-0.39, 0.29) is 30.8 Å². The van der Waals surface area contributed by atoms with E-state index in [1.165, 1.54) is 4.90 Å². The van der Waals surface area contributed by atoms with E-state index in [1.54, 1.807) is 0 Å². The van der Waals surface area contributed by atoms with Crippen LogP contribution in [0.3, 0.4) is 0 Å². The fraction of sp³-hybridized carbons (Fsp3) is 0.385. The first-order chi connectivity index (χ1) is 8.75. The fourth-order valence-electron chi connectivity index (χ4n) is 2.41. The Balaban J connectivity index is 1.78. The highest BCUT2D eigenvalue weighted by Gasteiger charge is 2.32. The number of hydrogen-bond acceptors (Lipinski definition) is 4. The molecule has 1 fully saturated rings. The third-order valence-electron chi connectivity index (χ3n) is 3.36. The van der Waals surface area contributed by atoms with Crippen LogP contribution in [0.15, 0.2) is 24.3 Å². The summed E-state index contributed by atoms with van der Waals surface area (Å²) < 4.78 is 5.56. The van der Waals surface area contributed by atoms with Crippen LogP contribution < -0.4 is 10.1 Å². The van der Waals surface area contributed by atoms with Crippen LogP contribution >= 0.6 is 0 Å². The number of benzene rings is 1. The number of carbonyl (C=O) groups is 2. The number of nitrogens with one attached hydrogen (secondary N) is 1. The quantitative estimate of drug-likeness (QED) is 0.753. The van der Waals surface area contributed by atoms with Crippen LogP contribution in [0.2, 0.25) is 0 Å². The minimum absolute atomic E-state index is 0.0900. The highest BCUT2D eigenvalue weighted by atomic mass is 16.5. The number of imide groups is 1. The predicted molar refractivity (Wildman–Crippen MR) is 64.3 cm³/mol. The number of hydrogen-bond donors (Lipinski definition) is 1. The van der Waals surface area contributed by atoms with E-state index in [1.807, 2.05) is 24.3 Å². The Hall–Kier alpha value is -1.88. The van der Waals surface area contributed by atoms with Gasteiger partial charge in [0.25, 0.3) is 0 Å². The summed E-state index contributed by atoms with van der Waals surface area (Å²) in [7, 11) is 0. The molecule has 1 unspecified atom stereocenters. The normalized spacial score (nSPS) is 22.9. The molecule has 2 aliphatic rings. The summed E-state index contributed by atoms with van der Waals surface area (Å²) >= 11 is 0. The summed E-state index contributed by atoms with van der Waals surface area (Å²) in [6, 6.07) is 7.77. The summed E-state index contributed by atoms with van der Waals surface area (Å²) in [6.45, 7) is 1.42. The van der Waals surface area contributed by atoms with E-state index >= 15 is 0 Å². The molecule has 1 aromatic carbocycles. The van der Waals surface area contributed by atoms with Gasteiger partial charge in [0.2, 0.25) is 11.8 Å². The highest BCUT2D eigenvalue weighted by molar-refractivity contribution is 5.99. The predicted octanol–water partition coefficient (Wildman–Crippen LogP) is 0.121. The van der Waals surface area contributed by atoms with Gasteiger partial charge in [0.05, 0.1) is 19.7 Å². The van der Waals surface area contributed by atoms with Crippen molar-refractivity contribution < 1.29 is 14.3 Å². The second-order valence-corrected chi connectivity index (χ2v) is 4.55. The van der Waals surface area contributed by atoms with Crippen molar-refractivity contribution in [2.75, 3.05) is 26.2 Å². The van der Waals surface area contributed by atoms with E-state index < -0.39 is 0 Å². The van der Waals surface area contributed by atoms with Crippen molar-refractivity contribution in [2.24, 2.45) is 0 Å². The first kappa shape index (κ1) is 11.2. The van der Waals surface area contributed by atoms with E-state index in [0.717, 1.165) is 11.3 Å². The van der Waals surface area contributed by atoms with E-state index in [9.17, 15) is 9.59 Å². The average molecular weight is 246 g/mol. The van der Waals surface area contributed by atoms with E-state index in [4.69, 9.17) is 4.74 Å². The molecule has 0 saturated carbocycles. The summed E-state index contributed by atoms with van der Waals surface area (Å²) in [4.78, 5) is 24.8. The van der Waals surface area contributed by atoms with Crippen molar-refractivity contribution in [1.29, 1.82) is 0 Å². The Morgan fingerprint density at radius 3 is 2.72 bits per heavy atom. The molecule has 0 radical (unpaired) electrons. The molecule has 2 heterocycles. The van der Waals surface area contributed by atoms with E-state index in [0.29, 0.717) is 13.2 Å². The SMILES string of the molecule is O=C1CNCC(=O)N1CC1COc2ccccc21. The Morgan fingerprint density at radius 1 is 1.22 bits per heavy atom. The maximum absolute atomic E-state index is 11.7. The molecule has 0 aliphatic carbocycles. The Bertz CT molecular complexity index is 485. The van der Waals surface area contributed by atoms with Gasteiger partial charge in [-0.05, 0) is 6.07 Å². The first-order valence-electron chi connectivity index (χ1n) is 6.01. The molecule has 2 aliphatic heterocycles. The van der Waals surface area contributed by atoms with Crippen LogP contribution in [0.1, 0.15) is 11.5 Å². The second kappa shape index (κ2) is 4.42. The van der Waals surface area contributed by atoms with Gasteiger partial charge in [-0.15, -0.1) is 0 Å². The number of piperazine rings is 1. The van der Waals surface area contributed by atoms with Gasteiger partial charge in [-0.3, -0.25) is 19.8 Å². The van der Waals surface area contributed by atoms with Crippen LogP contribution in [0.25, 0.3) is 0 Å². The molecule has 18 heavy (non-hydrogen) atoms. The van der Waals surface area contributed by atoms with Crippen molar-refractivity contribution in [3.8, 4) is 5.75 Å². The van der Waals surface area contributed by atoms with Crippen LogP contribution in [0, 0.1) is 0 Å². The molecule has 0 aromatic heterocycles. The summed E-state index contributed by atoms with van der Waals surface area (Å²) in [5.74, 6) is 0.635. The van der Waals surface area contributed by atoms with Crippen LogP contribution in [-0.2, 0) is 9.59 Å². The van der Waals surface area contributed by atoms with Crippen LogP contribution in [-0.4, -0.2) is 43.0 Å². The Morgan fingerprint density at radius 2 is 1.94 bits per heavy atom. The number of ether oxygens (including phenoxy) is 1. The molecule has 94 valence electrons. The zero-order chi connectivity index (χ0) is 12.5. The van der Waals surface area contributed by atoms with Crippen molar-refractivity contribution in [3.05, 3.63) is 29.8 Å². The van der Waals surface area contributed by atoms with Gasteiger partial charge < -0.3 is 4.74 Å². The Labute approximate surface area is 105 Å². The zero-order valence-corrected chi connectivity index (χ0v) is 9.89. The van der Waals surface area contributed by atoms with E-state index in [2.05, 4.69) is 5.32 Å². The molecule has 1 atom stereocenters. The second-order valence-electron chi connectivity index (χ2n) is 4.55. The molecular weight excluding hydrogens is 232 g/mol. The standard InChI is InChI=1S/C13H14N2O3/c16-12-5-14-6-13(17)15(12)7-9-8-18-11-4-2-1-3-10(9)11/h1-4,9,14H,5-8H2. The fourth-order valence-corrected chi connectivity index (χ4v) is 2.41. The summed E-state index contributed by atoms with van der Waals surface area (Å²) in [5, 5.41) is 2.79. The van der Waals surface area contributed by atoms with Gasteiger partial charge in [0.1, 0.15) is 5.75 Å². The average Bonchev–Trinajstić information content (AvgIpc) is 2.77. The van der Waals surface area contributed by atoms with Gasteiger partial charge in [-0.25, -0.2) is 0 Å². The smallest absolute Gasteiger partial charge is 0.243 e. The lowest BCUT2D eigenvalue weighted by Crippen LogP contribution is -2.53. The minimum Gasteiger partial charge on any atom is -0.493 e. The van der Waals surface area contributed by atoms with Crippen molar-refractivity contribution in [2.45, 2.75) is 5.92 Å². The first-order valence-corrected chi connectivity index (χ1v) is 6.01. The highest BCUT2D eigenvalue weighted by Crippen LogP contribution is 2.33. The topological polar surface area (TPSA) is 58.6 Å². The number of fused-ring (bicyclic) bond motifs is 1. The van der Waals surface area contributed by atoms with Crippen LogP contribution in [0.4, 0.5) is 0 Å². The third kappa shape index (κ3) is 1.86. The summed E-state index contributed by atoms with van der Waals surface area (Å²) in [6.07, 6.45) is 0. The molecule has 2 amide bonds. The maximum atomic E-state index is 11.7. The number of para-hydroxylation sites is 1. The molecule has 5 nitrogen and oxygen atoms in total. The lowest BCUT2D eigenvalue weighted by molar-refractivity contribution is -0.146. The summed E-state index contributed by atoms with van der Waals surface area (Å²) in [5.41, 5.74) is 1.08.